The molecule has 0 aliphatic heterocycles. The molecule has 1 unspecified atom stereocenters. The van der Waals surface area contributed by atoms with Crippen LogP contribution in [0.1, 0.15) is 18.2 Å². The number of benzene rings is 1. The fourth-order valence-electron chi connectivity index (χ4n) is 2.64. The molecule has 0 fully saturated rings. The van der Waals surface area contributed by atoms with Crippen LogP contribution < -0.4 is 15.2 Å². The largest absolute Gasteiger partial charge is 0.496 e. The number of ether oxygens (including phenoxy) is 2. The van der Waals surface area contributed by atoms with E-state index in [-0.39, 0.29) is 6.04 Å². The molecule has 2 rings (SSSR count). The van der Waals surface area contributed by atoms with Gasteiger partial charge in [-0.1, -0.05) is 0 Å². The molecule has 0 radical (unpaired) electrons. The standard InChI is InChI=1S/C15H22N2O2/c1-9(16)8-11-10(2)17(3)15-13(19-5)7-6-12(18-4)14(11)15/h6-7,9H,8,16H2,1-5H3. The zero-order valence-electron chi connectivity index (χ0n) is 12.3. The lowest BCUT2D eigenvalue weighted by Crippen LogP contribution is -2.18. The molecule has 0 saturated carbocycles. The van der Waals surface area contributed by atoms with Gasteiger partial charge >= 0.3 is 0 Å². The molecule has 0 aliphatic rings. The van der Waals surface area contributed by atoms with Gasteiger partial charge in [0.2, 0.25) is 0 Å². The Morgan fingerprint density at radius 2 is 1.79 bits per heavy atom. The minimum absolute atomic E-state index is 0.111. The average Bonchev–Trinajstić information content (AvgIpc) is 2.63. The van der Waals surface area contributed by atoms with Gasteiger partial charge in [-0.05, 0) is 38.0 Å². The lowest BCUT2D eigenvalue weighted by Gasteiger charge is -2.10. The van der Waals surface area contributed by atoms with Crippen molar-refractivity contribution < 1.29 is 9.47 Å². The summed E-state index contributed by atoms with van der Waals surface area (Å²) in [6.07, 6.45) is 0.826. The van der Waals surface area contributed by atoms with Crippen molar-refractivity contribution in [2.45, 2.75) is 26.3 Å². The summed E-state index contributed by atoms with van der Waals surface area (Å²) in [4.78, 5) is 0. The summed E-state index contributed by atoms with van der Waals surface area (Å²) >= 11 is 0. The number of methoxy groups -OCH3 is 2. The Labute approximate surface area is 114 Å². The fourth-order valence-corrected chi connectivity index (χ4v) is 2.64. The topological polar surface area (TPSA) is 49.4 Å². The maximum Gasteiger partial charge on any atom is 0.143 e. The van der Waals surface area contributed by atoms with Crippen molar-refractivity contribution in [3.63, 3.8) is 0 Å². The van der Waals surface area contributed by atoms with Gasteiger partial charge in [-0.25, -0.2) is 0 Å². The Kier molecular flexibility index (Phi) is 3.71. The van der Waals surface area contributed by atoms with E-state index in [0.717, 1.165) is 28.8 Å². The summed E-state index contributed by atoms with van der Waals surface area (Å²) in [6.45, 7) is 4.13. The number of hydrogen-bond donors (Lipinski definition) is 1. The van der Waals surface area contributed by atoms with E-state index in [9.17, 15) is 0 Å². The lowest BCUT2D eigenvalue weighted by molar-refractivity contribution is 0.409. The summed E-state index contributed by atoms with van der Waals surface area (Å²) in [6, 6.07) is 4.00. The molecule has 4 heteroatoms. The quantitative estimate of drug-likeness (QED) is 0.920. The van der Waals surface area contributed by atoms with Crippen molar-refractivity contribution in [1.82, 2.24) is 4.57 Å². The third-order valence-corrected chi connectivity index (χ3v) is 3.65. The first-order valence-corrected chi connectivity index (χ1v) is 6.45. The van der Waals surface area contributed by atoms with Crippen molar-refractivity contribution >= 4 is 10.9 Å². The van der Waals surface area contributed by atoms with E-state index in [2.05, 4.69) is 11.5 Å². The number of nitrogens with zero attached hydrogens (tertiary/aromatic N) is 1. The van der Waals surface area contributed by atoms with Gasteiger partial charge in [-0.3, -0.25) is 0 Å². The van der Waals surface area contributed by atoms with Crippen LogP contribution in [0.15, 0.2) is 12.1 Å². The molecule has 0 bridgehead atoms. The first-order valence-electron chi connectivity index (χ1n) is 6.45. The second-order valence-electron chi connectivity index (χ2n) is 5.00. The highest BCUT2D eigenvalue weighted by Gasteiger charge is 2.19. The van der Waals surface area contributed by atoms with E-state index < -0.39 is 0 Å². The number of nitrogens with two attached hydrogens (primary N) is 1. The highest BCUT2D eigenvalue weighted by molar-refractivity contribution is 5.95. The van der Waals surface area contributed by atoms with Crippen LogP contribution >= 0.6 is 0 Å². The van der Waals surface area contributed by atoms with Crippen molar-refractivity contribution in [2.75, 3.05) is 14.2 Å². The summed E-state index contributed by atoms with van der Waals surface area (Å²) in [7, 11) is 5.43. The fraction of sp³-hybridized carbons (Fsp3) is 0.467. The summed E-state index contributed by atoms with van der Waals surface area (Å²) < 4.78 is 13.1. The monoisotopic (exact) mass is 262 g/mol. The normalized spacial score (nSPS) is 12.7. The highest BCUT2D eigenvalue weighted by Crippen LogP contribution is 2.38. The summed E-state index contributed by atoms with van der Waals surface area (Å²) in [5.41, 5.74) is 9.48. The average molecular weight is 262 g/mol. The predicted octanol–water partition coefficient (Wildman–Crippen LogP) is 2.39. The maximum absolute atomic E-state index is 5.97. The van der Waals surface area contributed by atoms with E-state index >= 15 is 0 Å². The molecule has 2 N–H and O–H groups in total. The number of rotatable bonds is 4. The molecular formula is C15H22N2O2. The zero-order valence-corrected chi connectivity index (χ0v) is 12.3. The van der Waals surface area contributed by atoms with Crippen molar-refractivity contribution in [1.29, 1.82) is 0 Å². The van der Waals surface area contributed by atoms with Gasteiger partial charge < -0.3 is 19.8 Å². The molecule has 1 heterocycles. The van der Waals surface area contributed by atoms with Gasteiger partial charge in [0.1, 0.15) is 11.5 Å². The molecule has 1 aromatic carbocycles. The first-order chi connectivity index (χ1) is 9.01. The van der Waals surface area contributed by atoms with Crippen molar-refractivity contribution in [2.24, 2.45) is 12.8 Å². The predicted molar refractivity (Wildman–Crippen MR) is 78.1 cm³/mol. The Morgan fingerprint density at radius 1 is 1.21 bits per heavy atom. The Hall–Kier alpha value is -1.68. The SMILES string of the molecule is COc1ccc(OC)c2c1c(CC(C)N)c(C)n2C. The van der Waals surface area contributed by atoms with Gasteiger partial charge in [-0.15, -0.1) is 0 Å². The lowest BCUT2D eigenvalue weighted by atomic mass is 10.0. The molecule has 0 saturated heterocycles. The van der Waals surface area contributed by atoms with Crippen molar-refractivity contribution in [3.8, 4) is 11.5 Å². The number of hydrogen-bond acceptors (Lipinski definition) is 3. The Bertz CT molecular complexity index is 600. The molecule has 0 amide bonds. The molecule has 4 nitrogen and oxygen atoms in total. The molecule has 0 spiro atoms. The minimum atomic E-state index is 0.111. The number of aromatic nitrogens is 1. The third kappa shape index (κ3) is 2.16. The smallest absolute Gasteiger partial charge is 0.143 e. The van der Waals surface area contributed by atoms with E-state index in [1.54, 1.807) is 14.2 Å². The van der Waals surface area contributed by atoms with Crippen LogP contribution in [0, 0.1) is 6.92 Å². The van der Waals surface area contributed by atoms with Crippen LogP contribution in [0.2, 0.25) is 0 Å². The number of aryl methyl sites for hydroxylation is 1. The second-order valence-corrected chi connectivity index (χ2v) is 5.00. The second kappa shape index (κ2) is 5.13. The van der Waals surface area contributed by atoms with Gasteiger partial charge in [0.25, 0.3) is 0 Å². The minimum Gasteiger partial charge on any atom is -0.496 e. The van der Waals surface area contributed by atoms with Crippen molar-refractivity contribution in [3.05, 3.63) is 23.4 Å². The molecular weight excluding hydrogens is 240 g/mol. The van der Waals surface area contributed by atoms with Gasteiger partial charge in [0.15, 0.2) is 0 Å². The summed E-state index contributed by atoms with van der Waals surface area (Å²) in [5, 5.41) is 1.11. The zero-order chi connectivity index (χ0) is 14.2. The van der Waals surface area contributed by atoms with Crippen LogP contribution in [-0.2, 0) is 13.5 Å². The molecule has 1 aromatic heterocycles. The van der Waals surface area contributed by atoms with Crippen LogP contribution in [0.5, 0.6) is 11.5 Å². The van der Waals surface area contributed by atoms with E-state index in [4.69, 9.17) is 15.2 Å². The molecule has 0 aliphatic carbocycles. The van der Waals surface area contributed by atoms with E-state index in [0.29, 0.717) is 0 Å². The molecule has 2 aromatic rings. The molecule has 1 atom stereocenters. The molecule has 104 valence electrons. The Balaban J connectivity index is 2.84. The van der Waals surface area contributed by atoms with Gasteiger partial charge in [-0.2, -0.15) is 0 Å². The van der Waals surface area contributed by atoms with Crippen LogP contribution in [-0.4, -0.2) is 24.8 Å². The highest BCUT2D eigenvalue weighted by atomic mass is 16.5. The Morgan fingerprint density at radius 3 is 2.32 bits per heavy atom. The van der Waals surface area contributed by atoms with Crippen LogP contribution in [0.25, 0.3) is 10.9 Å². The van der Waals surface area contributed by atoms with E-state index in [1.165, 1.54) is 11.3 Å². The van der Waals surface area contributed by atoms with Crippen LogP contribution in [0.4, 0.5) is 0 Å². The third-order valence-electron chi connectivity index (χ3n) is 3.65. The van der Waals surface area contributed by atoms with E-state index in [1.807, 2.05) is 26.1 Å². The molecule has 19 heavy (non-hydrogen) atoms. The van der Waals surface area contributed by atoms with Gasteiger partial charge in [0.05, 0.1) is 19.7 Å². The van der Waals surface area contributed by atoms with Crippen LogP contribution in [0.3, 0.4) is 0 Å². The first kappa shape index (κ1) is 13.7. The number of fused-ring (bicyclic) bond motifs is 1. The summed E-state index contributed by atoms with van der Waals surface area (Å²) in [5.74, 6) is 1.73. The maximum atomic E-state index is 5.97. The van der Waals surface area contributed by atoms with Gasteiger partial charge in [0, 0.05) is 24.2 Å².